The highest BCUT2D eigenvalue weighted by Gasteiger charge is 2.43. The molecule has 8 nitrogen and oxygen atoms in total. The number of nitrogen functional groups attached to an aromatic ring is 1. The highest BCUT2D eigenvalue weighted by atomic mass is 16.6. The van der Waals surface area contributed by atoms with Gasteiger partial charge in [0, 0.05) is 6.20 Å². The van der Waals surface area contributed by atoms with E-state index in [0.29, 0.717) is 0 Å². The van der Waals surface area contributed by atoms with Crippen LogP contribution in [0.4, 0.5) is 5.82 Å². The first-order valence-corrected chi connectivity index (χ1v) is 5.47. The van der Waals surface area contributed by atoms with Gasteiger partial charge in [-0.25, -0.2) is 4.79 Å². The lowest BCUT2D eigenvalue weighted by Crippen LogP contribution is -2.36. The Hall–Kier alpha value is -1.92. The second-order valence-corrected chi connectivity index (χ2v) is 4.10. The molecule has 0 radical (unpaired) electrons. The molecule has 8 heteroatoms. The monoisotopic (exact) mass is 267 g/mol. The van der Waals surface area contributed by atoms with Crippen molar-refractivity contribution < 1.29 is 20.1 Å². The number of ether oxygens (including phenoxy) is 1. The fourth-order valence-electron chi connectivity index (χ4n) is 1.88. The number of nitrogens with zero attached hydrogens (tertiary/aromatic N) is 2. The van der Waals surface area contributed by atoms with Crippen LogP contribution in [0.1, 0.15) is 11.8 Å². The molecule has 2 heterocycles. The molecule has 1 aromatic heterocycles. The number of hydrogen-bond donors (Lipinski definition) is 4. The summed E-state index contributed by atoms with van der Waals surface area (Å²) in [5.41, 5.74) is 4.85. The molecule has 5 N–H and O–H groups in total. The molecule has 102 valence electrons. The maximum absolute atomic E-state index is 11.7. The third kappa shape index (κ3) is 2.20. The molecule has 1 aliphatic rings. The Morgan fingerprint density at radius 3 is 2.74 bits per heavy atom. The van der Waals surface area contributed by atoms with Crippen molar-refractivity contribution in [3.63, 3.8) is 0 Å². The third-order valence-corrected chi connectivity index (χ3v) is 2.93. The van der Waals surface area contributed by atoms with Crippen LogP contribution in [0, 0.1) is 12.3 Å². The van der Waals surface area contributed by atoms with Crippen molar-refractivity contribution in [2.75, 3.05) is 12.3 Å². The topological polar surface area (TPSA) is 131 Å². The van der Waals surface area contributed by atoms with E-state index in [0.717, 1.165) is 4.57 Å². The second kappa shape index (κ2) is 4.99. The number of terminal acetylenes is 1. The van der Waals surface area contributed by atoms with E-state index < -0.39 is 36.8 Å². The van der Waals surface area contributed by atoms with Crippen molar-refractivity contribution in [3.05, 3.63) is 22.2 Å². The fourth-order valence-corrected chi connectivity index (χ4v) is 1.88. The van der Waals surface area contributed by atoms with Gasteiger partial charge >= 0.3 is 5.69 Å². The first-order chi connectivity index (χ1) is 8.99. The Bertz CT molecular complexity index is 579. The zero-order valence-corrected chi connectivity index (χ0v) is 9.80. The van der Waals surface area contributed by atoms with Crippen LogP contribution in [0.2, 0.25) is 0 Å². The lowest BCUT2D eigenvalue weighted by molar-refractivity contribution is -0.0549. The van der Waals surface area contributed by atoms with Gasteiger partial charge < -0.3 is 25.8 Å². The van der Waals surface area contributed by atoms with Gasteiger partial charge in [-0.2, -0.15) is 4.98 Å². The van der Waals surface area contributed by atoms with Crippen molar-refractivity contribution in [2.45, 2.75) is 24.5 Å². The summed E-state index contributed by atoms with van der Waals surface area (Å²) in [5.74, 6) is 2.14. The Labute approximate surface area is 108 Å². The molecule has 19 heavy (non-hydrogen) atoms. The highest BCUT2D eigenvalue weighted by Crippen LogP contribution is 2.28. The largest absolute Gasteiger partial charge is 0.394 e. The summed E-state index contributed by atoms with van der Waals surface area (Å²) in [6.45, 7) is -0.492. The van der Waals surface area contributed by atoms with Gasteiger partial charge in [-0.3, -0.25) is 4.57 Å². The molecule has 1 fully saturated rings. The smallest absolute Gasteiger partial charge is 0.351 e. The van der Waals surface area contributed by atoms with Gasteiger partial charge in [0.2, 0.25) is 0 Å². The number of anilines is 1. The quantitative estimate of drug-likeness (QED) is 0.433. The zero-order chi connectivity index (χ0) is 14.2. The molecule has 1 unspecified atom stereocenters. The molecule has 0 bridgehead atoms. The van der Waals surface area contributed by atoms with Crippen molar-refractivity contribution in [3.8, 4) is 12.3 Å². The van der Waals surface area contributed by atoms with E-state index in [2.05, 4.69) is 10.9 Å². The van der Waals surface area contributed by atoms with Gasteiger partial charge in [0.05, 0.1) is 12.2 Å². The van der Waals surface area contributed by atoms with Crippen LogP contribution in [-0.2, 0) is 4.74 Å². The summed E-state index contributed by atoms with van der Waals surface area (Å²) in [6, 6.07) is 0. The second-order valence-electron chi connectivity index (χ2n) is 4.10. The maximum atomic E-state index is 11.7. The number of aliphatic hydroxyl groups excluding tert-OH is 3. The number of nitrogens with two attached hydrogens (primary N) is 1. The van der Waals surface area contributed by atoms with Crippen LogP contribution >= 0.6 is 0 Å². The maximum Gasteiger partial charge on any atom is 0.351 e. The minimum Gasteiger partial charge on any atom is -0.394 e. The molecular weight excluding hydrogens is 254 g/mol. The van der Waals surface area contributed by atoms with E-state index in [9.17, 15) is 15.0 Å². The highest BCUT2D eigenvalue weighted by molar-refractivity contribution is 5.47. The van der Waals surface area contributed by atoms with Gasteiger partial charge in [0.15, 0.2) is 6.23 Å². The average Bonchev–Trinajstić information content (AvgIpc) is 2.67. The lowest BCUT2D eigenvalue weighted by Gasteiger charge is -2.17. The van der Waals surface area contributed by atoms with E-state index in [-0.39, 0.29) is 11.4 Å². The van der Waals surface area contributed by atoms with E-state index in [1.54, 1.807) is 0 Å². The molecule has 4 atom stereocenters. The molecule has 1 saturated heterocycles. The fraction of sp³-hybridized carbons (Fsp3) is 0.455. The van der Waals surface area contributed by atoms with Crippen LogP contribution in [0.15, 0.2) is 11.0 Å². The molecule has 0 aliphatic carbocycles. The lowest BCUT2D eigenvalue weighted by atomic mass is 10.1. The zero-order valence-electron chi connectivity index (χ0n) is 9.80. The average molecular weight is 267 g/mol. The predicted octanol–water partition coefficient (Wildman–Crippen LogP) is -2.58. The minimum atomic E-state index is -1.38. The Morgan fingerprint density at radius 1 is 1.53 bits per heavy atom. The third-order valence-electron chi connectivity index (χ3n) is 2.93. The van der Waals surface area contributed by atoms with Crippen LogP contribution in [0.3, 0.4) is 0 Å². The standard InChI is InChI=1S/C11H13N3O5/c1-2-5-3-14(11(18)13-9(5)12)10-8(17)7(16)6(4-15)19-10/h1,3,6-8,10,15-17H,4H2,(H2,12,13,18)/t6-,7+,8?,10-/m1/s1. The summed E-state index contributed by atoms with van der Waals surface area (Å²) in [7, 11) is 0. The van der Waals surface area contributed by atoms with Gasteiger partial charge in [0.1, 0.15) is 24.1 Å². The van der Waals surface area contributed by atoms with E-state index in [1.807, 2.05) is 0 Å². The SMILES string of the molecule is C#Cc1cn([C@@H]2O[C@H](CO)[C@H](O)C2O)c(=O)nc1N. The molecule has 0 spiro atoms. The molecule has 1 aromatic rings. The van der Waals surface area contributed by atoms with Crippen molar-refractivity contribution in [1.82, 2.24) is 9.55 Å². The molecule has 0 aromatic carbocycles. The summed E-state index contributed by atoms with van der Waals surface area (Å²) in [6.07, 6.45) is 1.56. The van der Waals surface area contributed by atoms with Gasteiger partial charge in [-0.05, 0) is 0 Å². The summed E-state index contributed by atoms with van der Waals surface area (Å²) < 4.78 is 6.14. The summed E-state index contributed by atoms with van der Waals surface area (Å²) >= 11 is 0. The van der Waals surface area contributed by atoms with Gasteiger partial charge in [-0.1, -0.05) is 5.92 Å². The summed E-state index contributed by atoms with van der Waals surface area (Å²) in [4.78, 5) is 15.2. The molecule has 1 aliphatic heterocycles. The van der Waals surface area contributed by atoms with Crippen molar-refractivity contribution >= 4 is 5.82 Å². The number of aromatic nitrogens is 2. The van der Waals surface area contributed by atoms with Crippen LogP contribution in [-0.4, -0.2) is 49.8 Å². The van der Waals surface area contributed by atoms with Gasteiger partial charge in [0.25, 0.3) is 0 Å². The number of hydrogen-bond acceptors (Lipinski definition) is 7. The molecule has 0 amide bonds. The normalized spacial score (nSPS) is 30.2. The number of aliphatic hydroxyl groups is 3. The molecular formula is C11H13N3O5. The first kappa shape index (κ1) is 13.5. The Balaban J connectivity index is 2.44. The molecule has 2 rings (SSSR count). The number of rotatable bonds is 2. The van der Waals surface area contributed by atoms with E-state index in [1.165, 1.54) is 6.20 Å². The van der Waals surface area contributed by atoms with E-state index in [4.69, 9.17) is 22.0 Å². The van der Waals surface area contributed by atoms with Crippen LogP contribution < -0.4 is 11.4 Å². The summed E-state index contributed by atoms with van der Waals surface area (Å²) in [5, 5.41) is 28.4. The van der Waals surface area contributed by atoms with Gasteiger partial charge in [-0.15, -0.1) is 6.42 Å². The van der Waals surface area contributed by atoms with E-state index >= 15 is 0 Å². The van der Waals surface area contributed by atoms with Crippen LogP contribution in [0.5, 0.6) is 0 Å². The minimum absolute atomic E-state index is 0.101. The van der Waals surface area contributed by atoms with Crippen molar-refractivity contribution in [2.24, 2.45) is 0 Å². The Kier molecular flexibility index (Phi) is 3.55. The predicted molar refractivity (Wildman–Crippen MR) is 63.9 cm³/mol. The Morgan fingerprint density at radius 2 is 2.21 bits per heavy atom. The molecule has 0 saturated carbocycles. The first-order valence-electron chi connectivity index (χ1n) is 5.47. The van der Waals surface area contributed by atoms with Crippen molar-refractivity contribution in [1.29, 1.82) is 0 Å². The van der Waals surface area contributed by atoms with Crippen LogP contribution in [0.25, 0.3) is 0 Å².